The van der Waals surface area contributed by atoms with E-state index in [-0.39, 0.29) is 22.7 Å². The molecule has 2 aromatic rings. The van der Waals surface area contributed by atoms with Gasteiger partial charge in [0.05, 0.1) is 23.4 Å². The van der Waals surface area contributed by atoms with Crippen LogP contribution in [-0.2, 0) is 4.74 Å². The van der Waals surface area contributed by atoms with Crippen molar-refractivity contribution in [3.8, 4) is 11.8 Å². The van der Waals surface area contributed by atoms with Crippen molar-refractivity contribution in [1.29, 1.82) is 5.26 Å². The van der Waals surface area contributed by atoms with Crippen molar-refractivity contribution in [3.05, 3.63) is 47.3 Å². The normalized spacial score (nSPS) is 10.0. The minimum Gasteiger partial charge on any atom is -0.462 e. The number of aromatic nitrogens is 1. The summed E-state index contributed by atoms with van der Waals surface area (Å²) in [4.78, 5) is 23.4. The van der Waals surface area contributed by atoms with Gasteiger partial charge in [0, 0.05) is 18.8 Å². The van der Waals surface area contributed by atoms with Gasteiger partial charge in [0.1, 0.15) is 11.8 Å². The first-order chi connectivity index (χ1) is 10.5. The van der Waals surface area contributed by atoms with Crippen LogP contribution in [0.3, 0.4) is 0 Å². The van der Waals surface area contributed by atoms with Crippen molar-refractivity contribution in [3.63, 3.8) is 0 Å². The number of hydrogen-bond acceptors (Lipinski definition) is 5. The zero-order chi connectivity index (χ0) is 16.3. The van der Waals surface area contributed by atoms with Crippen LogP contribution in [0.2, 0.25) is 0 Å². The summed E-state index contributed by atoms with van der Waals surface area (Å²) in [5, 5.41) is 9.05. The molecule has 22 heavy (non-hydrogen) atoms. The van der Waals surface area contributed by atoms with Gasteiger partial charge in [-0.25, -0.2) is 4.79 Å². The maximum atomic E-state index is 11.8. The molecule has 0 saturated heterocycles. The highest BCUT2D eigenvalue weighted by molar-refractivity contribution is 5.99. The first kappa shape index (κ1) is 15.3. The molecule has 2 rings (SSSR count). The average Bonchev–Trinajstić information content (AvgIpc) is 2.84. The standard InChI is InChI=1S/C16H15N3O3/c1-3-22-16(21)11-4-6-13(7-5-11)19-9-12(8-17)14(18)15(19)10(2)20/h4-7,9H,3,18H2,1-2H3. The molecule has 0 radical (unpaired) electrons. The van der Waals surface area contributed by atoms with Gasteiger partial charge in [0.15, 0.2) is 5.78 Å². The smallest absolute Gasteiger partial charge is 0.338 e. The van der Waals surface area contributed by atoms with Crippen LogP contribution in [0.4, 0.5) is 5.69 Å². The number of carbonyl (C=O) groups excluding carboxylic acids is 2. The Hall–Kier alpha value is -3.07. The molecule has 0 amide bonds. The summed E-state index contributed by atoms with van der Waals surface area (Å²) in [6.45, 7) is 3.42. The number of nitriles is 1. The van der Waals surface area contributed by atoms with E-state index in [2.05, 4.69) is 0 Å². The molecule has 0 bridgehead atoms. The van der Waals surface area contributed by atoms with Gasteiger partial charge in [0.2, 0.25) is 0 Å². The third-order valence-corrected chi connectivity index (χ3v) is 3.15. The molecule has 0 unspecified atom stereocenters. The summed E-state index contributed by atoms with van der Waals surface area (Å²) >= 11 is 0. The molecule has 1 heterocycles. The number of ketones is 1. The number of nitrogens with two attached hydrogens (primary N) is 1. The monoisotopic (exact) mass is 297 g/mol. The van der Waals surface area contributed by atoms with Crippen LogP contribution >= 0.6 is 0 Å². The molecule has 0 saturated carbocycles. The third-order valence-electron chi connectivity index (χ3n) is 3.15. The van der Waals surface area contributed by atoms with E-state index in [1.807, 2.05) is 6.07 Å². The Bertz CT molecular complexity index is 767. The molecule has 6 nitrogen and oxygen atoms in total. The van der Waals surface area contributed by atoms with Crippen LogP contribution in [0.1, 0.15) is 40.3 Å². The Kier molecular flexibility index (Phi) is 4.28. The maximum absolute atomic E-state index is 11.8. The average molecular weight is 297 g/mol. The van der Waals surface area contributed by atoms with Crippen LogP contribution in [-0.4, -0.2) is 22.9 Å². The van der Waals surface area contributed by atoms with E-state index in [1.165, 1.54) is 13.1 Å². The number of hydrogen-bond donors (Lipinski definition) is 1. The highest BCUT2D eigenvalue weighted by Crippen LogP contribution is 2.24. The van der Waals surface area contributed by atoms with Crippen LogP contribution < -0.4 is 5.73 Å². The van der Waals surface area contributed by atoms with Crippen molar-refractivity contribution in [2.45, 2.75) is 13.8 Å². The van der Waals surface area contributed by atoms with Gasteiger partial charge < -0.3 is 15.0 Å². The summed E-state index contributed by atoms with van der Waals surface area (Å²) in [6.07, 6.45) is 1.51. The van der Waals surface area contributed by atoms with Crippen molar-refractivity contribution in [2.24, 2.45) is 0 Å². The number of ether oxygens (including phenoxy) is 1. The minimum absolute atomic E-state index is 0.157. The van der Waals surface area contributed by atoms with Gasteiger partial charge in [-0.15, -0.1) is 0 Å². The van der Waals surface area contributed by atoms with E-state index in [0.717, 1.165) is 0 Å². The fourth-order valence-electron chi connectivity index (χ4n) is 2.15. The molecule has 6 heteroatoms. The Morgan fingerprint density at radius 2 is 1.95 bits per heavy atom. The zero-order valence-electron chi connectivity index (χ0n) is 12.3. The van der Waals surface area contributed by atoms with Gasteiger partial charge in [0.25, 0.3) is 0 Å². The number of nitrogen functional groups attached to an aromatic ring is 1. The molecular formula is C16H15N3O3. The zero-order valence-corrected chi connectivity index (χ0v) is 12.3. The largest absolute Gasteiger partial charge is 0.462 e. The second-order valence-corrected chi connectivity index (χ2v) is 4.61. The number of Topliss-reactive ketones (excluding diaryl/α,β-unsaturated/α-hetero) is 1. The van der Waals surface area contributed by atoms with E-state index in [4.69, 9.17) is 15.7 Å². The molecule has 1 aromatic carbocycles. The molecular weight excluding hydrogens is 282 g/mol. The van der Waals surface area contributed by atoms with Crippen molar-refractivity contribution >= 4 is 17.4 Å². The van der Waals surface area contributed by atoms with Crippen molar-refractivity contribution < 1.29 is 14.3 Å². The molecule has 0 atom stereocenters. The van der Waals surface area contributed by atoms with E-state index < -0.39 is 5.97 Å². The quantitative estimate of drug-likeness (QED) is 0.689. The highest BCUT2D eigenvalue weighted by atomic mass is 16.5. The second kappa shape index (κ2) is 6.14. The van der Waals surface area contributed by atoms with Gasteiger partial charge in [-0.3, -0.25) is 4.79 Å². The lowest BCUT2D eigenvalue weighted by molar-refractivity contribution is 0.0526. The number of carbonyl (C=O) groups is 2. The van der Waals surface area contributed by atoms with Gasteiger partial charge >= 0.3 is 5.97 Å². The van der Waals surface area contributed by atoms with E-state index in [0.29, 0.717) is 17.9 Å². The van der Waals surface area contributed by atoms with Crippen LogP contribution in [0.15, 0.2) is 30.5 Å². The number of esters is 1. The lowest BCUT2D eigenvalue weighted by Gasteiger charge is -2.08. The number of rotatable bonds is 4. The lowest BCUT2D eigenvalue weighted by atomic mass is 10.2. The van der Waals surface area contributed by atoms with Gasteiger partial charge in [-0.2, -0.15) is 5.26 Å². The minimum atomic E-state index is -0.412. The number of anilines is 1. The molecule has 112 valence electrons. The van der Waals surface area contributed by atoms with Crippen LogP contribution in [0, 0.1) is 11.3 Å². The molecule has 0 aliphatic rings. The summed E-state index contributed by atoms with van der Waals surface area (Å²) < 4.78 is 6.46. The number of benzene rings is 1. The molecule has 1 aromatic heterocycles. The SMILES string of the molecule is CCOC(=O)c1ccc(-n2cc(C#N)c(N)c2C(C)=O)cc1. The Balaban J connectivity index is 2.47. The Labute approximate surface area is 127 Å². The molecule has 2 N–H and O–H groups in total. The highest BCUT2D eigenvalue weighted by Gasteiger charge is 2.18. The van der Waals surface area contributed by atoms with E-state index in [1.54, 1.807) is 35.8 Å². The predicted octanol–water partition coefficient (Wildman–Crippen LogP) is 2.31. The van der Waals surface area contributed by atoms with Crippen molar-refractivity contribution in [2.75, 3.05) is 12.3 Å². The fourth-order valence-corrected chi connectivity index (χ4v) is 2.15. The summed E-state index contributed by atoms with van der Waals surface area (Å²) in [5.74, 6) is -0.654. The topological polar surface area (TPSA) is 98.1 Å². The lowest BCUT2D eigenvalue weighted by Crippen LogP contribution is -2.07. The third kappa shape index (κ3) is 2.69. The second-order valence-electron chi connectivity index (χ2n) is 4.61. The number of nitrogens with zero attached hydrogens (tertiary/aromatic N) is 2. The first-order valence-corrected chi connectivity index (χ1v) is 6.69. The van der Waals surface area contributed by atoms with Gasteiger partial charge in [-0.1, -0.05) is 0 Å². The molecule has 0 aliphatic carbocycles. The van der Waals surface area contributed by atoms with Crippen molar-refractivity contribution in [1.82, 2.24) is 4.57 Å². The summed E-state index contributed by atoms with van der Waals surface area (Å²) in [5.41, 5.74) is 7.52. The Morgan fingerprint density at radius 1 is 1.32 bits per heavy atom. The van der Waals surface area contributed by atoms with Crippen LogP contribution in [0.25, 0.3) is 5.69 Å². The summed E-state index contributed by atoms with van der Waals surface area (Å²) in [7, 11) is 0. The molecule has 0 aliphatic heterocycles. The summed E-state index contributed by atoms with van der Waals surface area (Å²) in [6, 6.07) is 8.48. The van der Waals surface area contributed by atoms with E-state index in [9.17, 15) is 9.59 Å². The van der Waals surface area contributed by atoms with Crippen LogP contribution in [0.5, 0.6) is 0 Å². The predicted molar refractivity (Wildman–Crippen MR) is 80.9 cm³/mol. The molecule has 0 fully saturated rings. The molecule has 0 spiro atoms. The maximum Gasteiger partial charge on any atom is 0.338 e. The fraction of sp³-hybridized carbons (Fsp3) is 0.188. The Morgan fingerprint density at radius 3 is 2.45 bits per heavy atom. The first-order valence-electron chi connectivity index (χ1n) is 6.69. The van der Waals surface area contributed by atoms with Gasteiger partial charge in [-0.05, 0) is 31.2 Å². The van der Waals surface area contributed by atoms with E-state index >= 15 is 0 Å².